The molecule has 0 aliphatic carbocycles. The van der Waals surface area contributed by atoms with Crippen LogP contribution in [0.3, 0.4) is 0 Å². The minimum Gasteiger partial charge on any atom is -0.457 e. The Labute approximate surface area is 234 Å². The van der Waals surface area contributed by atoms with Crippen LogP contribution in [0.25, 0.3) is 22.2 Å². The summed E-state index contributed by atoms with van der Waals surface area (Å²) in [6, 6.07) is 19.5. The molecule has 0 bridgehead atoms. The molecular weight excluding hydrogens is 500 g/mol. The van der Waals surface area contributed by atoms with E-state index in [1.54, 1.807) is 6.08 Å². The van der Waals surface area contributed by atoms with Crippen molar-refractivity contribution in [1.82, 2.24) is 19.9 Å². The molecule has 2 aromatic heterocycles. The summed E-state index contributed by atoms with van der Waals surface area (Å²) >= 11 is 0. The largest absolute Gasteiger partial charge is 0.457 e. The number of amides is 1. The summed E-state index contributed by atoms with van der Waals surface area (Å²) in [7, 11) is 0. The van der Waals surface area contributed by atoms with Crippen molar-refractivity contribution in [2.45, 2.75) is 59.0 Å². The smallest absolute Gasteiger partial charge is 0.261 e. The molecule has 0 fully saturated rings. The maximum Gasteiger partial charge on any atom is 0.261 e. The molecule has 0 saturated carbocycles. The van der Waals surface area contributed by atoms with E-state index in [1.165, 1.54) is 6.33 Å². The zero-order valence-electron chi connectivity index (χ0n) is 23.1. The summed E-state index contributed by atoms with van der Waals surface area (Å²) in [6.07, 6.45) is 6.26. The number of nitrogens with two attached hydrogens (primary N) is 1. The second kappa shape index (κ2) is 11.2. The summed E-state index contributed by atoms with van der Waals surface area (Å²) in [4.78, 5) is 21.8. The molecule has 1 amide bonds. The van der Waals surface area contributed by atoms with Crippen LogP contribution in [0.4, 0.5) is 5.82 Å². The maximum absolute atomic E-state index is 12.9. The number of hydrogen-bond acceptors (Lipinski definition) is 6. The molecular formula is C32H34N6O2. The zero-order chi connectivity index (χ0) is 28.3. The van der Waals surface area contributed by atoms with Crippen LogP contribution in [0.1, 0.15) is 45.7 Å². The number of ether oxygens (including phenoxy) is 1. The number of nitriles is 1. The second-order valence-electron chi connectivity index (χ2n) is 11.4. The number of anilines is 1. The van der Waals surface area contributed by atoms with Gasteiger partial charge in [-0.1, -0.05) is 57.2 Å². The molecule has 3 heterocycles. The molecule has 2 aromatic carbocycles. The first-order valence-corrected chi connectivity index (χ1v) is 13.6. The van der Waals surface area contributed by atoms with Crippen molar-refractivity contribution < 1.29 is 9.53 Å². The molecule has 5 rings (SSSR count). The lowest BCUT2D eigenvalue weighted by molar-refractivity contribution is -0.118. The third-order valence-corrected chi connectivity index (χ3v) is 7.17. The predicted molar refractivity (Wildman–Crippen MR) is 157 cm³/mol. The second-order valence-corrected chi connectivity index (χ2v) is 11.4. The van der Waals surface area contributed by atoms with Gasteiger partial charge in [-0.3, -0.25) is 4.79 Å². The number of hydrogen-bond donors (Lipinski definition) is 2. The fourth-order valence-corrected chi connectivity index (χ4v) is 5.17. The highest BCUT2D eigenvalue weighted by Gasteiger charge is 2.29. The van der Waals surface area contributed by atoms with Crippen molar-refractivity contribution in [2.75, 3.05) is 5.73 Å². The number of rotatable bonds is 7. The van der Waals surface area contributed by atoms with E-state index >= 15 is 0 Å². The average Bonchev–Trinajstić information content (AvgIpc) is 3.26. The van der Waals surface area contributed by atoms with E-state index in [-0.39, 0.29) is 22.9 Å². The number of aromatic nitrogens is 3. The van der Waals surface area contributed by atoms with Gasteiger partial charge >= 0.3 is 0 Å². The molecule has 40 heavy (non-hydrogen) atoms. The summed E-state index contributed by atoms with van der Waals surface area (Å²) < 4.78 is 8.10. The molecule has 8 heteroatoms. The highest BCUT2D eigenvalue weighted by atomic mass is 16.5. The number of carbonyl (C=O) groups excluding carboxylic acids is 1. The van der Waals surface area contributed by atoms with Gasteiger partial charge in [0, 0.05) is 23.8 Å². The topological polar surface area (TPSA) is 119 Å². The minimum absolute atomic E-state index is 0.138. The van der Waals surface area contributed by atoms with Gasteiger partial charge in [0.05, 0.1) is 5.39 Å². The van der Waals surface area contributed by atoms with Gasteiger partial charge < -0.3 is 20.4 Å². The van der Waals surface area contributed by atoms with Gasteiger partial charge in [-0.15, -0.1) is 0 Å². The van der Waals surface area contributed by atoms with Crippen LogP contribution in [0.15, 0.2) is 72.6 Å². The van der Waals surface area contributed by atoms with Crippen molar-refractivity contribution in [1.29, 1.82) is 5.26 Å². The van der Waals surface area contributed by atoms with Gasteiger partial charge in [0.2, 0.25) is 0 Å². The standard InChI is InChI=1S/C32H34N6O2/c1-32(2,3)17-7-8-22(18-33)31(39)37-23-13-16-26-27(28-29(34)35-20-36-30(28)38(26)19-23)21-11-14-25(15-12-21)40-24-9-5-4-6-10-24/h4-6,8-12,14-15,20,23H,7,13,16-17,19H2,1-3H3,(H,37,39)(H2,34,35,36)/b22-8+/t23-/m1/s1. The van der Waals surface area contributed by atoms with Crippen LogP contribution >= 0.6 is 0 Å². The Balaban J connectivity index is 1.39. The van der Waals surface area contributed by atoms with Crippen molar-refractivity contribution in [2.24, 2.45) is 5.41 Å². The van der Waals surface area contributed by atoms with Crippen LogP contribution < -0.4 is 15.8 Å². The van der Waals surface area contributed by atoms with Crippen molar-refractivity contribution in [3.63, 3.8) is 0 Å². The molecule has 4 aromatic rings. The highest BCUT2D eigenvalue weighted by molar-refractivity contribution is 6.02. The van der Waals surface area contributed by atoms with E-state index in [9.17, 15) is 10.1 Å². The third kappa shape index (κ3) is 5.84. The number of allylic oxidation sites excluding steroid dienone is 1. The van der Waals surface area contributed by atoms with Crippen LogP contribution in [0, 0.1) is 16.7 Å². The summed E-state index contributed by atoms with van der Waals surface area (Å²) in [5, 5.41) is 13.5. The molecule has 1 atom stereocenters. The molecule has 1 aliphatic heterocycles. The van der Waals surface area contributed by atoms with E-state index in [0.717, 1.165) is 52.2 Å². The Kier molecular flexibility index (Phi) is 7.56. The fraction of sp³-hybridized carbons (Fsp3) is 0.312. The molecule has 0 radical (unpaired) electrons. The minimum atomic E-state index is -0.329. The fourth-order valence-electron chi connectivity index (χ4n) is 5.17. The van der Waals surface area contributed by atoms with E-state index in [4.69, 9.17) is 10.5 Å². The molecule has 0 spiro atoms. The van der Waals surface area contributed by atoms with Crippen molar-refractivity contribution >= 4 is 22.8 Å². The Bertz CT molecular complexity index is 1590. The molecule has 204 valence electrons. The average molecular weight is 535 g/mol. The first-order chi connectivity index (χ1) is 19.2. The van der Waals surface area contributed by atoms with Crippen LogP contribution in [0.5, 0.6) is 11.5 Å². The van der Waals surface area contributed by atoms with Crippen LogP contribution in [-0.2, 0) is 17.8 Å². The Hall–Kier alpha value is -4.64. The Morgan fingerprint density at radius 3 is 2.58 bits per heavy atom. The van der Waals surface area contributed by atoms with E-state index in [0.29, 0.717) is 25.2 Å². The number of para-hydroxylation sites is 1. The maximum atomic E-state index is 12.9. The van der Waals surface area contributed by atoms with Crippen LogP contribution in [-0.4, -0.2) is 26.5 Å². The van der Waals surface area contributed by atoms with Gasteiger partial charge in [-0.05, 0) is 60.9 Å². The van der Waals surface area contributed by atoms with E-state index < -0.39 is 0 Å². The third-order valence-electron chi connectivity index (χ3n) is 7.17. The highest BCUT2D eigenvalue weighted by Crippen LogP contribution is 2.40. The number of fused-ring (bicyclic) bond motifs is 3. The lowest BCUT2D eigenvalue weighted by Gasteiger charge is -2.26. The number of nitrogens with one attached hydrogen (secondary N) is 1. The lowest BCUT2D eigenvalue weighted by Crippen LogP contribution is -2.41. The predicted octanol–water partition coefficient (Wildman–Crippen LogP) is 6.18. The van der Waals surface area contributed by atoms with Gasteiger partial charge in [-0.25, -0.2) is 9.97 Å². The van der Waals surface area contributed by atoms with Gasteiger partial charge in [0.25, 0.3) is 5.91 Å². The van der Waals surface area contributed by atoms with Gasteiger partial charge in [-0.2, -0.15) is 5.26 Å². The van der Waals surface area contributed by atoms with E-state index in [1.807, 2.05) is 54.6 Å². The number of nitrogen functional groups attached to an aromatic ring is 1. The molecule has 1 aliphatic rings. The summed E-state index contributed by atoms with van der Waals surface area (Å²) in [5.41, 5.74) is 10.5. The normalized spacial score (nSPS) is 15.3. The van der Waals surface area contributed by atoms with Gasteiger partial charge in [0.15, 0.2) is 0 Å². The van der Waals surface area contributed by atoms with Crippen molar-refractivity contribution in [3.8, 4) is 28.7 Å². The zero-order valence-corrected chi connectivity index (χ0v) is 23.1. The molecule has 0 unspecified atom stereocenters. The molecule has 8 nitrogen and oxygen atoms in total. The molecule has 0 saturated heterocycles. The molecule has 3 N–H and O–H groups in total. The number of nitrogens with zero attached hydrogens (tertiary/aromatic N) is 4. The van der Waals surface area contributed by atoms with Crippen molar-refractivity contribution in [3.05, 3.63) is 78.3 Å². The quantitative estimate of drug-likeness (QED) is 0.216. The number of carbonyl (C=O) groups is 1. The first-order valence-electron chi connectivity index (χ1n) is 13.6. The van der Waals surface area contributed by atoms with Crippen LogP contribution in [0.2, 0.25) is 0 Å². The Morgan fingerprint density at radius 1 is 1.15 bits per heavy atom. The lowest BCUT2D eigenvalue weighted by atomic mass is 9.90. The number of benzene rings is 2. The first kappa shape index (κ1) is 26.9. The summed E-state index contributed by atoms with van der Waals surface area (Å²) in [5.74, 6) is 1.60. The Morgan fingerprint density at radius 2 is 1.88 bits per heavy atom. The SMILES string of the molecule is CC(C)(C)CC/C=C(\C#N)C(=O)N[C@@H]1CCc2c(-c3ccc(Oc4ccccc4)cc3)c3c(N)ncnc3n2C1. The monoisotopic (exact) mass is 534 g/mol. The van der Waals surface area contributed by atoms with E-state index in [2.05, 4.69) is 46.7 Å². The van der Waals surface area contributed by atoms with Gasteiger partial charge in [0.1, 0.15) is 40.9 Å². The summed E-state index contributed by atoms with van der Waals surface area (Å²) in [6.45, 7) is 6.96.